The third kappa shape index (κ3) is 6.34. The summed E-state index contributed by atoms with van der Waals surface area (Å²) in [7, 11) is -3.37. The van der Waals surface area contributed by atoms with Crippen LogP contribution in [0, 0.1) is 0 Å². The lowest BCUT2D eigenvalue weighted by Crippen LogP contribution is -2.41. The summed E-state index contributed by atoms with van der Waals surface area (Å²) in [6.45, 7) is 6.80. The van der Waals surface area contributed by atoms with Crippen molar-refractivity contribution in [2.45, 2.75) is 31.7 Å². The summed E-state index contributed by atoms with van der Waals surface area (Å²) >= 11 is 5.76. The van der Waals surface area contributed by atoms with Crippen molar-refractivity contribution in [2.24, 2.45) is 0 Å². The molecule has 0 heterocycles. The van der Waals surface area contributed by atoms with Gasteiger partial charge in [-0.25, -0.2) is 8.42 Å². The topological polar surface area (TPSA) is 66.5 Å². The van der Waals surface area contributed by atoms with Crippen molar-refractivity contribution in [3.05, 3.63) is 29.3 Å². The van der Waals surface area contributed by atoms with E-state index in [-0.39, 0.29) is 29.1 Å². The van der Waals surface area contributed by atoms with Gasteiger partial charge in [0.05, 0.1) is 17.2 Å². The van der Waals surface area contributed by atoms with Crippen molar-refractivity contribution in [3.8, 4) is 0 Å². The highest BCUT2D eigenvalue weighted by Crippen LogP contribution is 2.15. The minimum atomic E-state index is -3.37. The van der Waals surface area contributed by atoms with Gasteiger partial charge in [0.15, 0.2) is 9.84 Å². The maximum Gasteiger partial charge on any atom is 0.234 e. The molecule has 7 heteroatoms. The van der Waals surface area contributed by atoms with Gasteiger partial charge in [0, 0.05) is 17.6 Å². The second-order valence-electron chi connectivity index (χ2n) is 5.36. The largest absolute Gasteiger partial charge is 0.353 e. The number of nitrogens with one attached hydrogen (secondary N) is 1. The Kier molecular flexibility index (Phi) is 7.32. The predicted octanol–water partition coefficient (Wildman–Crippen LogP) is 1.96. The maximum atomic E-state index is 12.3. The van der Waals surface area contributed by atoms with Crippen molar-refractivity contribution in [3.63, 3.8) is 0 Å². The van der Waals surface area contributed by atoms with Gasteiger partial charge in [0.2, 0.25) is 5.91 Å². The number of likely N-dealkylation sites (N-methyl/N-ethyl adjacent to an activating group) is 1. The van der Waals surface area contributed by atoms with Crippen LogP contribution in [0.15, 0.2) is 29.2 Å². The molecule has 0 unspecified atom stereocenters. The van der Waals surface area contributed by atoms with Crippen LogP contribution in [0.5, 0.6) is 0 Å². The highest BCUT2D eigenvalue weighted by Gasteiger charge is 2.17. The van der Waals surface area contributed by atoms with Gasteiger partial charge in [-0.2, -0.15) is 0 Å². The molecule has 1 aromatic carbocycles. The number of hydrogen-bond acceptors (Lipinski definition) is 4. The summed E-state index contributed by atoms with van der Waals surface area (Å²) < 4.78 is 24.5. The molecule has 124 valence electrons. The van der Waals surface area contributed by atoms with Gasteiger partial charge in [-0.3, -0.25) is 9.69 Å². The molecule has 0 fully saturated rings. The number of carbonyl (C=O) groups excluding carboxylic acids is 1. The quantitative estimate of drug-likeness (QED) is 0.781. The number of nitrogens with zero attached hydrogens (tertiary/aromatic N) is 1. The lowest BCUT2D eigenvalue weighted by atomic mass is 10.3. The van der Waals surface area contributed by atoms with E-state index in [1.165, 1.54) is 12.1 Å². The predicted molar refractivity (Wildman–Crippen MR) is 88.9 cm³/mol. The van der Waals surface area contributed by atoms with Gasteiger partial charge in [0.25, 0.3) is 0 Å². The molecule has 22 heavy (non-hydrogen) atoms. The smallest absolute Gasteiger partial charge is 0.234 e. The Morgan fingerprint density at radius 1 is 1.27 bits per heavy atom. The summed E-state index contributed by atoms with van der Waals surface area (Å²) in [6, 6.07) is 6.19. The zero-order chi connectivity index (χ0) is 16.8. The highest BCUT2D eigenvalue weighted by atomic mass is 35.5. The van der Waals surface area contributed by atoms with E-state index in [1.807, 2.05) is 25.7 Å². The normalized spacial score (nSPS) is 11.9. The number of amides is 1. The van der Waals surface area contributed by atoms with E-state index < -0.39 is 9.84 Å². The average Bonchev–Trinajstić information content (AvgIpc) is 2.43. The average molecular weight is 347 g/mol. The maximum absolute atomic E-state index is 12.3. The Morgan fingerprint density at radius 3 is 2.36 bits per heavy atom. The number of sulfone groups is 1. The molecule has 0 saturated heterocycles. The Morgan fingerprint density at radius 2 is 1.86 bits per heavy atom. The second-order valence-corrected chi connectivity index (χ2v) is 7.91. The fourth-order valence-corrected chi connectivity index (χ4v) is 3.34. The zero-order valence-corrected chi connectivity index (χ0v) is 14.7. The van der Waals surface area contributed by atoms with Gasteiger partial charge >= 0.3 is 0 Å². The molecule has 5 nitrogen and oxygen atoms in total. The van der Waals surface area contributed by atoms with E-state index in [0.29, 0.717) is 18.1 Å². The molecule has 0 aliphatic heterocycles. The molecule has 0 spiro atoms. The van der Waals surface area contributed by atoms with E-state index >= 15 is 0 Å². The standard InChI is InChI=1S/C15H23ClN2O3S/c1-4-18(11-15(19)17-12(2)3)9-10-22(20,21)14-7-5-13(16)6-8-14/h5-8,12H,4,9-11H2,1-3H3,(H,17,19). The number of rotatable bonds is 8. The van der Waals surface area contributed by atoms with E-state index in [0.717, 1.165) is 0 Å². The van der Waals surface area contributed by atoms with Gasteiger partial charge in [0.1, 0.15) is 0 Å². The van der Waals surface area contributed by atoms with Gasteiger partial charge in [-0.1, -0.05) is 18.5 Å². The zero-order valence-electron chi connectivity index (χ0n) is 13.2. The highest BCUT2D eigenvalue weighted by molar-refractivity contribution is 7.91. The molecule has 0 aliphatic carbocycles. The summed E-state index contributed by atoms with van der Waals surface area (Å²) in [5.41, 5.74) is 0. The summed E-state index contributed by atoms with van der Waals surface area (Å²) in [6.07, 6.45) is 0. The molecule has 1 rings (SSSR count). The summed E-state index contributed by atoms with van der Waals surface area (Å²) in [5, 5.41) is 3.30. The lowest BCUT2D eigenvalue weighted by Gasteiger charge is -2.20. The molecule has 0 aliphatic rings. The molecule has 1 N–H and O–H groups in total. The Hall–Kier alpha value is -1.11. The summed E-state index contributed by atoms with van der Waals surface area (Å²) in [4.78, 5) is 13.8. The van der Waals surface area contributed by atoms with Crippen LogP contribution in [-0.2, 0) is 14.6 Å². The summed E-state index contributed by atoms with van der Waals surface area (Å²) in [5.74, 6) is -0.127. The fraction of sp³-hybridized carbons (Fsp3) is 0.533. The third-order valence-electron chi connectivity index (χ3n) is 3.11. The molecule has 0 radical (unpaired) electrons. The number of benzene rings is 1. The number of hydrogen-bond donors (Lipinski definition) is 1. The Balaban J connectivity index is 2.61. The van der Waals surface area contributed by atoms with Gasteiger partial charge < -0.3 is 5.32 Å². The molecule has 0 aromatic heterocycles. The van der Waals surface area contributed by atoms with Crippen LogP contribution in [0.3, 0.4) is 0 Å². The molecule has 1 aromatic rings. The molecular weight excluding hydrogens is 324 g/mol. The Bertz CT molecular complexity index is 585. The van der Waals surface area contributed by atoms with E-state index in [4.69, 9.17) is 11.6 Å². The first-order chi connectivity index (χ1) is 10.2. The first kappa shape index (κ1) is 18.9. The van der Waals surface area contributed by atoms with Crippen molar-refractivity contribution >= 4 is 27.3 Å². The van der Waals surface area contributed by atoms with Crippen LogP contribution >= 0.6 is 11.6 Å². The van der Waals surface area contributed by atoms with Crippen molar-refractivity contribution in [1.29, 1.82) is 0 Å². The van der Waals surface area contributed by atoms with Crippen LogP contribution in [-0.4, -0.2) is 50.7 Å². The SMILES string of the molecule is CCN(CCS(=O)(=O)c1ccc(Cl)cc1)CC(=O)NC(C)C. The van der Waals surface area contributed by atoms with Crippen LogP contribution in [0.1, 0.15) is 20.8 Å². The first-order valence-electron chi connectivity index (χ1n) is 7.24. The molecule has 0 atom stereocenters. The molecular formula is C15H23ClN2O3S. The monoisotopic (exact) mass is 346 g/mol. The molecule has 1 amide bonds. The van der Waals surface area contributed by atoms with E-state index in [9.17, 15) is 13.2 Å². The fourth-order valence-electron chi connectivity index (χ4n) is 1.93. The Labute approximate surface area is 137 Å². The minimum Gasteiger partial charge on any atom is -0.353 e. The van der Waals surface area contributed by atoms with Crippen LogP contribution in [0.4, 0.5) is 0 Å². The van der Waals surface area contributed by atoms with Crippen LogP contribution in [0.2, 0.25) is 5.02 Å². The third-order valence-corrected chi connectivity index (χ3v) is 5.08. The molecule has 0 bridgehead atoms. The van der Waals surface area contributed by atoms with Crippen LogP contribution in [0.25, 0.3) is 0 Å². The first-order valence-corrected chi connectivity index (χ1v) is 9.27. The van der Waals surface area contributed by atoms with Crippen molar-refractivity contribution in [1.82, 2.24) is 10.2 Å². The van der Waals surface area contributed by atoms with Gasteiger partial charge in [-0.05, 0) is 44.7 Å². The van der Waals surface area contributed by atoms with E-state index in [1.54, 1.807) is 12.1 Å². The second kappa shape index (κ2) is 8.50. The molecule has 0 saturated carbocycles. The number of carbonyl (C=O) groups is 1. The number of halogens is 1. The van der Waals surface area contributed by atoms with Crippen LogP contribution < -0.4 is 5.32 Å². The van der Waals surface area contributed by atoms with Crippen molar-refractivity contribution in [2.75, 3.05) is 25.4 Å². The van der Waals surface area contributed by atoms with Gasteiger partial charge in [-0.15, -0.1) is 0 Å². The lowest BCUT2D eigenvalue weighted by molar-refractivity contribution is -0.122. The minimum absolute atomic E-state index is 0.0303. The van der Waals surface area contributed by atoms with Crippen molar-refractivity contribution < 1.29 is 13.2 Å². The van der Waals surface area contributed by atoms with E-state index in [2.05, 4.69) is 5.32 Å².